The molecule has 0 saturated carbocycles. The molecule has 2 aromatic rings. The molecule has 6 nitrogen and oxygen atoms in total. The highest BCUT2D eigenvalue weighted by Gasteiger charge is 2.26. The first-order valence-electron chi connectivity index (χ1n) is 8.31. The standard InChI is InChI=1S/C17H25N5O/c1-11(2)22-15-6-4-3-5-14(15)16(21-22)17(23)20-13-9-12(7-8-18)19-10-13/h3-6,11-13,19H,7-10,18H2,1-2H3,(H,20,23)/t12-,13+/m1/s1. The normalized spacial score (nSPS) is 21.2. The van der Waals surface area contributed by atoms with Crippen molar-refractivity contribution >= 4 is 16.8 Å². The maximum absolute atomic E-state index is 12.7. The summed E-state index contributed by atoms with van der Waals surface area (Å²) in [5, 5.41) is 12.0. The van der Waals surface area contributed by atoms with Gasteiger partial charge in [-0.15, -0.1) is 0 Å². The van der Waals surface area contributed by atoms with Gasteiger partial charge in [0.25, 0.3) is 5.91 Å². The topological polar surface area (TPSA) is 85.0 Å². The minimum Gasteiger partial charge on any atom is -0.347 e. The molecular weight excluding hydrogens is 290 g/mol. The molecule has 1 amide bonds. The van der Waals surface area contributed by atoms with Gasteiger partial charge in [-0.25, -0.2) is 0 Å². The molecule has 1 aromatic carbocycles. The molecular formula is C17H25N5O. The fourth-order valence-corrected chi connectivity index (χ4v) is 3.25. The van der Waals surface area contributed by atoms with Crippen molar-refractivity contribution in [1.29, 1.82) is 0 Å². The summed E-state index contributed by atoms with van der Waals surface area (Å²) in [6.07, 6.45) is 1.86. The van der Waals surface area contributed by atoms with Crippen molar-refractivity contribution in [3.05, 3.63) is 30.0 Å². The highest BCUT2D eigenvalue weighted by atomic mass is 16.2. The maximum Gasteiger partial charge on any atom is 0.272 e. The second-order valence-corrected chi connectivity index (χ2v) is 6.49. The van der Waals surface area contributed by atoms with Crippen molar-refractivity contribution in [2.75, 3.05) is 13.1 Å². The van der Waals surface area contributed by atoms with Gasteiger partial charge in [-0.3, -0.25) is 9.48 Å². The highest BCUT2D eigenvalue weighted by molar-refractivity contribution is 6.05. The Labute approximate surface area is 136 Å². The number of amides is 1. The molecule has 1 aliphatic heterocycles. The molecule has 0 unspecified atom stereocenters. The Kier molecular flexibility index (Phi) is 4.63. The monoisotopic (exact) mass is 315 g/mol. The lowest BCUT2D eigenvalue weighted by atomic mass is 10.1. The molecule has 3 rings (SSSR count). The summed E-state index contributed by atoms with van der Waals surface area (Å²) >= 11 is 0. The number of carbonyl (C=O) groups excluding carboxylic acids is 1. The molecule has 1 aliphatic rings. The van der Waals surface area contributed by atoms with E-state index in [0.29, 0.717) is 18.3 Å². The minimum absolute atomic E-state index is 0.0965. The van der Waals surface area contributed by atoms with E-state index in [1.807, 2.05) is 28.9 Å². The van der Waals surface area contributed by atoms with E-state index in [0.717, 1.165) is 30.3 Å². The van der Waals surface area contributed by atoms with Crippen molar-refractivity contribution in [1.82, 2.24) is 20.4 Å². The number of nitrogens with zero attached hydrogens (tertiary/aromatic N) is 2. The zero-order chi connectivity index (χ0) is 16.4. The number of nitrogens with two attached hydrogens (primary N) is 1. The number of hydrogen-bond donors (Lipinski definition) is 3. The van der Waals surface area contributed by atoms with Crippen LogP contribution >= 0.6 is 0 Å². The lowest BCUT2D eigenvalue weighted by molar-refractivity contribution is 0.0935. The molecule has 1 saturated heterocycles. The van der Waals surface area contributed by atoms with Gasteiger partial charge in [0.15, 0.2) is 5.69 Å². The van der Waals surface area contributed by atoms with E-state index in [-0.39, 0.29) is 18.0 Å². The van der Waals surface area contributed by atoms with Gasteiger partial charge in [-0.05, 0) is 39.3 Å². The lowest BCUT2D eigenvalue weighted by Gasteiger charge is -2.11. The van der Waals surface area contributed by atoms with Gasteiger partial charge in [-0.1, -0.05) is 18.2 Å². The molecule has 0 bridgehead atoms. The molecule has 1 fully saturated rings. The Morgan fingerprint density at radius 1 is 1.48 bits per heavy atom. The van der Waals surface area contributed by atoms with Gasteiger partial charge in [0.2, 0.25) is 0 Å². The Bertz CT molecular complexity index is 693. The number of para-hydroxylation sites is 1. The molecule has 23 heavy (non-hydrogen) atoms. The highest BCUT2D eigenvalue weighted by Crippen LogP contribution is 2.22. The van der Waals surface area contributed by atoms with Gasteiger partial charge >= 0.3 is 0 Å². The zero-order valence-corrected chi connectivity index (χ0v) is 13.7. The van der Waals surface area contributed by atoms with E-state index in [2.05, 4.69) is 29.6 Å². The lowest BCUT2D eigenvalue weighted by Crippen LogP contribution is -2.36. The van der Waals surface area contributed by atoms with Crippen LogP contribution in [-0.2, 0) is 0 Å². The van der Waals surface area contributed by atoms with Crippen molar-refractivity contribution in [3.63, 3.8) is 0 Å². The van der Waals surface area contributed by atoms with Gasteiger partial charge in [0, 0.05) is 30.1 Å². The van der Waals surface area contributed by atoms with Gasteiger partial charge < -0.3 is 16.4 Å². The summed E-state index contributed by atoms with van der Waals surface area (Å²) in [5.41, 5.74) is 7.11. The van der Waals surface area contributed by atoms with E-state index in [9.17, 15) is 4.79 Å². The Balaban J connectivity index is 1.79. The molecule has 0 aliphatic carbocycles. The summed E-state index contributed by atoms with van der Waals surface area (Å²) < 4.78 is 1.91. The molecule has 124 valence electrons. The molecule has 0 spiro atoms. The molecule has 6 heteroatoms. The fourth-order valence-electron chi connectivity index (χ4n) is 3.25. The van der Waals surface area contributed by atoms with Crippen LogP contribution in [0.15, 0.2) is 24.3 Å². The number of aromatic nitrogens is 2. The van der Waals surface area contributed by atoms with Crippen molar-refractivity contribution in [3.8, 4) is 0 Å². The van der Waals surface area contributed by atoms with Crippen LogP contribution in [0.25, 0.3) is 10.9 Å². The third-order valence-corrected chi connectivity index (χ3v) is 4.39. The summed E-state index contributed by atoms with van der Waals surface area (Å²) in [4.78, 5) is 12.7. The molecule has 2 atom stereocenters. The summed E-state index contributed by atoms with van der Waals surface area (Å²) in [6, 6.07) is 8.64. The quantitative estimate of drug-likeness (QED) is 0.779. The average Bonchev–Trinajstić information content (AvgIpc) is 3.12. The van der Waals surface area contributed by atoms with Crippen molar-refractivity contribution < 1.29 is 4.79 Å². The van der Waals surface area contributed by atoms with Gasteiger partial charge in [0.1, 0.15) is 0 Å². The van der Waals surface area contributed by atoms with E-state index in [1.54, 1.807) is 0 Å². The molecule has 1 aromatic heterocycles. The minimum atomic E-state index is -0.0965. The second-order valence-electron chi connectivity index (χ2n) is 6.49. The Morgan fingerprint density at radius 2 is 2.26 bits per heavy atom. The number of benzene rings is 1. The molecule has 0 radical (unpaired) electrons. The van der Waals surface area contributed by atoms with Crippen LogP contribution in [-0.4, -0.2) is 40.9 Å². The van der Waals surface area contributed by atoms with Crippen molar-refractivity contribution in [2.24, 2.45) is 5.73 Å². The summed E-state index contributed by atoms with van der Waals surface area (Å²) in [5.74, 6) is -0.0965. The van der Waals surface area contributed by atoms with Gasteiger partial charge in [-0.2, -0.15) is 5.10 Å². The van der Waals surface area contributed by atoms with Gasteiger partial charge in [0.05, 0.1) is 5.52 Å². The third-order valence-electron chi connectivity index (χ3n) is 4.39. The van der Waals surface area contributed by atoms with Crippen LogP contribution in [0.4, 0.5) is 0 Å². The largest absolute Gasteiger partial charge is 0.347 e. The first kappa shape index (κ1) is 16.0. The number of nitrogens with one attached hydrogen (secondary N) is 2. The van der Waals surface area contributed by atoms with Crippen LogP contribution < -0.4 is 16.4 Å². The Hall–Kier alpha value is -1.92. The number of rotatable bonds is 5. The van der Waals surface area contributed by atoms with Crippen LogP contribution in [0.1, 0.15) is 43.2 Å². The number of hydrogen-bond acceptors (Lipinski definition) is 4. The number of carbonyl (C=O) groups is 1. The van der Waals surface area contributed by atoms with Crippen LogP contribution in [0, 0.1) is 0 Å². The van der Waals surface area contributed by atoms with Crippen molar-refractivity contribution in [2.45, 2.75) is 44.8 Å². The first-order chi connectivity index (χ1) is 11.1. The van der Waals surface area contributed by atoms with E-state index in [1.165, 1.54) is 0 Å². The smallest absolute Gasteiger partial charge is 0.272 e. The van der Waals surface area contributed by atoms with E-state index in [4.69, 9.17) is 5.73 Å². The van der Waals surface area contributed by atoms with Crippen LogP contribution in [0.3, 0.4) is 0 Å². The summed E-state index contributed by atoms with van der Waals surface area (Å²) in [7, 11) is 0. The maximum atomic E-state index is 12.7. The molecule has 2 heterocycles. The van der Waals surface area contributed by atoms with E-state index < -0.39 is 0 Å². The van der Waals surface area contributed by atoms with Crippen LogP contribution in [0.2, 0.25) is 0 Å². The predicted molar refractivity (Wildman–Crippen MR) is 91.5 cm³/mol. The second kappa shape index (κ2) is 6.68. The van der Waals surface area contributed by atoms with E-state index >= 15 is 0 Å². The number of fused-ring (bicyclic) bond motifs is 1. The predicted octanol–water partition coefficient (Wildman–Crippen LogP) is 1.43. The average molecular weight is 315 g/mol. The zero-order valence-electron chi connectivity index (χ0n) is 13.7. The first-order valence-corrected chi connectivity index (χ1v) is 8.31. The van der Waals surface area contributed by atoms with Crippen LogP contribution in [0.5, 0.6) is 0 Å². The Morgan fingerprint density at radius 3 is 3.00 bits per heavy atom. The SMILES string of the molecule is CC(C)n1nc(C(=O)N[C@@H]2CN[C@H](CCN)C2)c2ccccc21. The molecule has 4 N–H and O–H groups in total. The summed E-state index contributed by atoms with van der Waals surface area (Å²) in [6.45, 7) is 5.60. The fraction of sp³-hybridized carbons (Fsp3) is 0.529. The third kappa shape index (κ3) is 3.23.